The van der Waals surface area contributed by atoms with Crippen LogP contribution in [0.3, 0.4) is 0 Å². The third kappa shape index (κ3) is 3.51. The summed E-state index contributed by atoms with van der Waals surface area (Å²) in [5.41, 5.74) is 0. The first kappa shape index (κ1) is 13.9. The number of unbranched alkanes of at least 4 members (excludes halogenated alkanes) is 3. The number of hydrogen-bond acceptors (Lipinski definition) is 3. The summed E-state index contributed by atoms with van der Waals surface area (Å²) in [6, 6.07) is 4.22. The van der Waals surface area contributed by atoms with Crippen molar-refractivity contribution < 1.29 is 4.79 Å². The molecule has 4 heteroatoms. The molecule has 1 atom stereocenters. The highest BCUT2D eigenvalue weighted by Gasteiger charge is 2.30. The van der Waals surface area contributed by atoms with Gasteiger partial charge >= 0.3 is 0 Å². The van der Waals surface area contributed by atoms with Crippen molar-refractivity contribution in [3.05, 3.63) is 22.4 Å². The minimum atomic E-state index is 0.281. The van der Waals surface area contributed by atoms with E-state index in [1.54, 1.807) is 11.3 Å². The Morgan fingerprint density at radius 3 is 3.06 bits per heavy atom. The van der Waals surface area contributed by atoms with Gasteiger partial charge in [-0.1, -0.05) is 32.3 Å². The summed E-state index contributed by atoms with van der Waals surface area (Å²) >= 11 is 3.65. The van der Waals surface area contributed by atoms with Crippen molar-refractivity contribution in [2.45, 2.75) is 44.4 Å². The second-order valence-electron chi connectivity index (χ2n) is 4.64. The number of thiophene rings is 1. The van der Waals surface area contributed by atoms with Gasteiger partial charge in [0, 0.05) is 23.6 Å². The lowest BCUT2D eigenvalue weighted by Gasteiger charge is -2.22. The summed E-state index contributed by atoms with van der Waals surface area (Å²) < 4.78 is 0. The van der Waals surface area contributed by atoms with Crippen LogP contribution in [0.4, 0.5) is 0 Å². The van der Waals surface area contributed by atoms with Gasteiger partial charge in [-0.15, -0.1) is 23.1 Å². The van der Waals surface area contributed by atoms with Crippen LogP contribution >= 0.6 is 23.1 Å². The number of amides is 1. The molecular formula is C14H21NOS2. The Morgan fingerprint density at radius 2 is 2.33 bits per heavy atom. The van der Waals surface area contributed by atoms with E-state index in [0.717, 1.165) is 25.1 Å². The smallest absolute Gasteiger partial charge is 0.223 e. The predicted molar refractivity (Wildman–Crippen MR) is 80.0 cm³/mol. The fourth-order valence-corrected chi connectivity index (χ4v) is 4.50. The van der Waals surface area contributed by atoms with Crippen LogP contribution in [0.5, 0.6) is 0 Å². The first-order chi connectivity index (χ1) is 8.83. The lowest BCUT2D eigenvalue weighted by molar-refractivity contribution is -0.131. The van der Waals surface area contributed by atoms with Crippen LogP contribution in [-0.2, 0) is 4.79 Å². The van der Waals surface area contributed by atoms with E-state index < -0.39 is 0 Å². The van der Waals surface area contributed by atoms with Gasteiger partial charge in [0.2, 0.25) is 5.91 Å². The lowest BCUT2D eigenvalue weighted by Crippen LogP contribution is -2.29. The second-order valence-corrected chi connectivity index (χ2v) is 6.80. The van der Waals surface area contributed by atoms with Crippen molar-refractivity contribution in [2.24, 2.45) is 0 Å². The molecule has 0 aliphatic carbocycles. The summed E-state index contributed by atoms with van der Waals surface area (Å²) in [5, 5.41) is 2.38. The molecule has 18 heavy (non-hydrogen) atoms. The van der Waals surface area contributed by atoms with Crippen LogP contribution in [0, 0.1) is 0 Å². The Morgan fingerprint density at radius 1 is 1.44 bits per heavy atom. The largest absolute Gasteiger partial charge is 0.325 e. The summed E-state index contributed by atoms with van der Waals surface area (Å²) in [5.74, 6) is 1.41. The van der Waals surface area contributed by atoms with Gasteiger partial charge in [-0.2, -0.15) is 0 Å². The highest BCUT2D eigenvalue weighted by atomic mass is 32.2. The van der Waals surface area contributed by atoms with Crippen LogP contribution in [0.1, 0.15) is 49.3 Å². The maximum atomic E-state index is 12.2. The van der Waals surface area contributed by atoms with Crippen LogP contribution < -0.4 is 0 Å². The van der Waals surface area contributed by atoms with Gasteiger partial charge in [-0.25, -0.2) is 0 Å². The molecule has 1 aromatic rings. The molecule has 100 valence electrons. The third-order valence-electron chi connectivity index (χ3n) is 3.24. The van der Waals surface area contributed by atoms with Crippen molar-refractivity contribution in [2.75, 3.05) is 12.3 Å². The highest BCUT2D eigenvalue weighted by Crippen LogP contribution is 2.40. The van der Waals surface area contributed by atoms with Crippen molar-refractivity contribution in [1.82, 2.24) is 4.90 Å². The molecule has 1 aliphatic heterocycles. The standard InChI is InChI=1S/C14H21NOS2/c1-2-3-4-5-8-13(16)15-9-11-18-14(15)12-7-6-10-17-12/h6-7,10,14H,2-5,8-9,11H2,1H3/t14-/m1/s1. The Kier molecular flexibility index (Phi) is 5.57. The molecular weight excluding hydrogens is 262 g/mol. The molecule has 0 bridgehead atoms. The average molecular weight is 283 g/mol. The Balaban J connectivity index is 1.85. The summed E-state index contributed by atoms with van der Waals surface area (Å²) in [4.78, 5) is 15.6. The minimum absolute atomic E-state index is 0.281. The van der Waals surface area contributed by atoms with Crippen LogP contribution in [0.2, 0.25) is 0 Å². The first-order valence-electron chi connectivity index (χ1n) is 6.77. The summed E-state index contributed by atoms with van der Waals surface area (Å²) in [7, 11) is 0. The topological polar surface area (TPSA) is 20.3 Å². The first-order valence-corrected chi connectivity index (χ1v) is 8.70. The summed E-state index contributed by atoms with van der Waals surface area (Å²) in [6.45, 7) is 3.12. The van der Waals surface area contributed by atoms with Crippen LogP contribution in [0.25, 0.3) is 0 Å². The van der Waals surface area contributed by atoms with E-state index in [1.807, 2.05) is 11.8 Å². The number of thioether (sulfide) groups is 1. The predicted octanol–water partition coefficient (Wildman–Crippen LogP) is 4.29. The maximum Gasteiger partial charge on any atom is 0.223 e. The molecule has 0 saturated carbocycles. The molecule has 1 amide bonds. The Hall–Kier alpha value is -0.480. The zero-order valence-electron chi connectivity index (χ0n) is 10.9. The monoisotopic (exact) mass is 283 g/mol. The van der Waals surface area contributed by atoms with Gasteiger partial charge < -0.3 is 4.90 Å². The molecule has 0 radical (unpaired) electrons. The van der Waals surface area contributed by atoms with Crippen molar-refractivity contribution in [3.8, 4) is 0 Å². The van der Waals surface area contributed by atoms with E-state index in [1.165, 1.54) is 24.1 Å². The number of rotatable bonds is 6. The molecule has 1 aliphatic rings. The van der Waals surface area contributed by atoms with Crippen molar-refractivity contribution in [3.63, 3.8) is 0 Å². The van der Waals surface area contributed by atoms with Gasteiger partial charge in [-0.05, 0) is 17.9 Å². The van der Waals surface area contributed by atoms with Crippen LogP contribution in [-0.4, -0.2) is 23.1 Å². The third-order valence-corrected chi connectivity index (χ3v) is 5.56. The Bertz CT molecular complexity index is 364. The van der Waals surface area contributed by atoms with Gasteiger partial charge in [0.05, 0.1) is 0 Å². The molecule has 0 spiro atoms. The molecule has 2 rings (SSSR count). The van der Waals surface area contributed by atoms with Gasteiger partial charge in [0.1, 0.15) is 5.37 Å². The zero-order chi connectivity index (χ0) is 12.8. The van der Waals surface area contributed by atoms with E-state index in [2.05, 4.69) is 29.3 Å². The van der Waals surface area contributed by atoms with E-state index in [-0.39, 0.29) is 5.37 Å². The quantitative estimate of drug-likeness (QED) is 0.726. The van der Waals surface area contributed by atoms with Gasteiger partial charge in [0.15, 0.2) is 0 Å². The van der Waals surface area contributed by atoms with Crippen LogP contribution in [0.15, 0.2) is 17.5 Å². The van der Waals surface area contributed by atoms with Crippen molar-refractivity contribution >= 4 is 29.0 Å². The molecule has 2 heterocycles. The number of carbonyl (C=O) groups excluding carboxylic acids is 1. The fraction of sp³-hybridized carbons (Fsp3) is 0.643. The molecule has 0 unspecified atom stereocenters. The number of nitrogens with zero attached hydrogens (tertiary/aromatic N) is 1. The SMILES string of the molecule is CCCCCCC(=O)N1CCS[C@@H]1c1cccs1. The van der Waals surface area contributed by atoms with E-state index in [9.17, 15) is 4.79 Å². The summed E-state index contributed by atoms with van der Waals surface area (Å²) in [6.07, 6.45) is 5.43. The van der Waals surface area contributed by atoms with Gasteiger partial charge in [0.25, 0.3) is 0 Å². The average Bonchev–Trinajstić information content (AvgIpc) is 3.02. The molecule has 0 aromatic carbocycles. The van der Waals surface area contributed by atoms with E-state index in [0.29, 0.717) is 5.91 Å². The molecule has 1 saturated heterocycles. The molecule has 1 fully saturated rings. The minimum Gasteiger partial charge on any atom is -0.325 e. The maximum absolute atomic E-state index is 12.2. The molecule has 0 N–H and O–H groups in total. The Labute approximate surface area is 118 Å². The zero-order valence-corrected chi connectivity index (χ0v) is 12.6. The lowest BCUT2D eigenvalue weighted by atomic mass is 10.1. The van der Waals surface area contributed by atoms with E-state index >= 15 is 0 Å². The molecule has 1 aromatic heterocycles. The number of hydrogen-bond donors (Lipinski definition) is 0. The van der Waals surface area contributed by atoms with Gasteiger partial charge in [-0.3, -0.25) is 4.79 Å². The van der Waals surface area contributed by atoms with Crippen molar-refractivity contribution in [1.29, 1.82) is 0 Å². The normalized spacial score (nSPS) is 19.4. The molecule has 2 nitrogen and oxygen atoms in total. The number of carbonyl (C=O) groups is 1. The fourth-order valence-electron chi connectivity index (χ4n) is 2.24. The second kappa shape index (κ2) is 7.19. The highest BCUT2D eigenvalue weighted by molar-refractivity contribution is 7.99. The van der Waals surface area contributed by atoms with E-state index in [4.69, 9.17) is 0 Å².